The first-order valence-electron chi connectivity index (χ1n) is 7.39. The monoisotopic (exact) mass is 346 g/mol. The van der Waals surface area contributed by atoms with Crippen LogP contribution in [0.15, 0.2) is 51.9 Å². The fourth-order valence-electron chi connectivity index (χ4n) is 2.96. The summed E-state index contributed by atoms with van der Waals surface area (Å²) in [5, 5.41) is 0. The number of benzene rings is 1. The number of hydrogen-bond acceptors (Lipinski definition) is 2. The molecule has 1 saturated heterocycles. The summed E-state index contributed by atoms with van der Waals surface area (Å²) < 4.78 is 0.583. The van der Waals surface area contributed by atoms with Gasteiger partial charge in [0.1, 0.15) is 0 Å². The van der Waals surface area contributed by atoms with Gasteiger partial charge in [-0.1, -0.05) is 30.3 Å². The highest BCUT2D eigenvalue weighted by molar-refractivity contribution is 9.10. The molecule has 0 saturated carbocycles. The van der Waals surface area contributed by atoms with E-state index in [1.165, 1.54) is 18.4 Å². The molecule has 0 bridgehead atoms. The summed E-state index contributed by atoms with van der Waals surface area (Å²) in [6, 6.07) is 12.1. The van der Waals surface area contributed by atoms with E-state index in [9.17, 15) is 4.79 Å². The first-order chi connectivity index (χ1) is 10.2. The minimum atomic E-state index is 0.0334. The maximum Gasteiger partial charge on any atom is 0.196 e. The van der Waals surface area contributed by atoms with Crippen molar-refractivity contribution in [1.29, 1.82) is 0 Å². The van der Waals surface area contributed by atoms with Crippen molar-refractivity contribution < 1.29 is 0 Å². The molecule has 3 rings (SSSR count). The fraction of sp³-hybridized carbons (Fsp3) is 0.353. The molecule has 0 radical (unpaired) electrons. The molecule has 1 aliphatic rings. The van der Waals surface area contributed by atoms with Crippen molar-refractivity contribution in [3.05, 3.63) is 68.5 Å². The summed E-state index contributed by atoms with van der Waals surface area (Å²) in [5.41, 5.74) is 2.27. The minimum Gasteiger partial charge on any atom is -0.363 e. The van der Waals surface area contributed by atoms with Crippen LogP contribution in [0.3, 0.4) is 0 Å². The first-order valence-corrected chi connectivity index (χ1v) is 8.19. The Hall–Kier alpha value is -1.39. The first kappa shape index (κ1) is 14.5. The number of hydrogen-bond donors (Lipinski definition) is 1. The van der Waals surface area contributed by atoms with Crippen molar-refractivity contribution >= 4 is 15.9 Å². The molecule has 1 N–H and O–H groups in total. The number of H-pyrrole nitrogens is 1. The Balaban J connectivity index is 1.94. The molecule has 21 heavy (non-hydrogen) atoms. The summed E-state index contributed by atoms with van der Waals surface area (Å²) in [4.78, 5) is 17.7. The van der Waals surface area contributed by atoms with Crippen molar-refractivity contribution in [3.8, 4) is 0 Å². The highest BCUT2D eigenvalue weighted by atomic mass is 79.9. The molecule has 1 aliphatic heterocycles. The van der Waals surface area contributed by atoms with E-state index in [-0.39, 0.29) is 11.3 Å². The van der Waals surface area contributed by atoms with Gasteiger partial charge in [-0.25, -0.2) is 0 Å². The zero-order valence-corrected chi connectivity index (χ0v) is 13.5. The lowest BCUT2D eigenvalue weighted by Crippen LogP contribution is -2.27. The number of aromatic nitrogens is 1. The quantitative estimate of drug-likeness (QED) is 0.921. The van der Waals surface area contributed by atoms with Crippen LogP contribution in [-0.2, 0) is 0 Å². The molecule has 0 aliphatic carbocycles. The van der Waals surface area contributed by atoms with E-state index in [1.807, 2.05) is 6.07 Å². The second-order valence-electron chi connectivity index (χ2n) is 5.57. The largest absolute Gasteiger partial charge is 0.363 e. The molecule has 1 unspecified atom stereocenters. The third kappa shape index (κ3) is 3.44. The number of rotatable bonds is 4. The van der Waals surface area contributed by atoms with E-state index < -0.39 is 0 Å². The van der Waals surface area contributed by atoms with Gasteiger partial charge in [-0.2, -0.15) is 0 Å². The number of pyridine rings is 1. The summed E-state index contributed by atoms with van der Waals surface area (Å²) in [6.45, 7) is 3.27. The molecular formula is C17H19BrN2O. The lowest BCUT2D eigenvalue weighted by atomic mass is 9.94. The number of nitrogens with one attached hydrogen (secondary N) is 1. The molecule has 2 heterocycles. The van der Waals surface area contributed by atoms with Crippen molar-refractivity contribution in [2.75, 3.05) is 19.6 Å². The Bertz CT molecular complexity index is 647. The Morgan fingerprint density at radius 3 is 2.57 bits per heavy atom. The SMILES string of the molecule is O=c1cc(C(CN2CCCC2)c2ccccc2)[nH]cc1Br. The predicted molar refractivity (Wildman–Crippen MR) is 88.7 cm³/mol. The summed E-state index contributed by atoms with van der Waals surface area (Å²) >= 11 is 3.27. The summed E-state index contributed by atoms with van der Waals surface area (Å²) in [5.74, 6) is 0.213. The van der Waals surface area contributed by atoms with Gasteiger partial charge in [-0.15, -0.1) is 0 Å². The van der Waals surface area contributed by atoms with Crippen molar-refractivity contribution in [3.63, 3.8) is 0 Å². The highest BCUT2D eigenvalue weighted by Crippen LogP contribution is 2.25. The molecule has 1 aromatic carbocycles. The minimum absolute atomic E-state index is 0.0334. The van der Waals surface area contributed by atoms with Crippen LogP contribution in [0.4, 0.5) is 0 Å². The molecule has 0 spiro atoms. The van der Waals surface area contributed by atoms with Crippen LogP contribution >= 0.6 is 15.9 Å². The van der Waals surface area contributed by atoms with Gasteiger partial charge < -0.3 is 9.88 Å². The van der Waals surface area contributed by atoms with Crippen molar-refractivity contribution in [2.45, 2.75) is 18.8 Å². The fourth-order valence-corrected chi connectivity index (χ4v) is 3.19. The molecule has 1 atom stereocenters. The van der Waals surface area contributed by atoms with E-state index in [2.05, 4.69) is 50.1 Å². The van der Waals surface area contributed by atoms with Crippen LogP contribution in [-0.4, -0.2) is 29.5 Å². The number of nitrogens with zero attached hydrogens (tertiary/aromatic N) is 1. The van der Waals surface area contributed by atoms with E-state index in [0.29, 0.717) is 4.47 Å². The van der Waals surface area contributed by atoms with E-state index >= 15 is 0 Å². The normalized spacial score (nSPS) is 17.0. The molecule has 0 amide bonds. The maximum atomic E-state index is 11.9. The molecule has 4 heteroatoms. The zero-order valence-electron chi connectivity index (χ0n) is 11.9. The van der Waals surface area contributed by atoms with Crippen molar-refractivity contribution in [2.24, 2.45) is 0 Å². The number of likely N-dealkylation sites (tertiary alicyclic amines) is 1. The second kappa shape index (κ2) is 6.58. The van der Waals surface area contributed by atoms with Gasteiger partial charge in [0.05, 0.1) is 4.47 Å². The molecule has 1 aromatic heterocycles. The lowest BCUT2D eigenvalue weighted by Gasteiger charge is -2.24. The third-order valence-electron chi connectivity index (χ3n) is 4.10. The smallest absolute Gasteiger partial charge is 0.196 e. The molecule has 3 nitrogen and oxygen atoms in total. The summed E-state index contributed by atoms with van der Waals surface area (Å²) in [7, 11) is 0. The Labute approximate surface area is 133 Å². The maximum absolute atomic E-state index is 11.9. The van der Waals surface area contributed by atoms with Gasteiger partial charge in [0.15, 0.2) is 5.43 Å². The molecular weight excluding hydrogens is 328 g/mol. The van der Waals surface area contributed by atoms with Crippen LogP contribution in [0.2, 0.25) is 0 Å². The van der Waals surface area contributed by atoms with Crippen LogP contribution in [0.1, 0.15) is 30.0 Å². The van der Waals surface area contributed by atoms with Gasteiger partial charge in [0.25, 0.3) is 0 Å². The average molecular weight is 347 g/mol. The second-order valence-corrected chi connectivity index (χ2v) is 6.43. The Morgan fingerprint density at radius 2 is 1.90 bits per heavy atom. The van der Waals surface area contributed by atoms with E-state index in [4.69, 9.17) is 0 Å². The zero-order chi connectivity index (χ0) is 14.7. The average Bonchev–Trinajstić information content (AvgIpc) is 3.02. The van der Waals surface area contributed by atoms with Gasteiger partial charge in [0, 0.05) is 30.4 Å². The van der Waals surface area contributed by atoms with Crippen LogP contribution in [0.5, 0.6) is 0 Å². The van der Waals surface area contributed by atoms with Gasteiger partial charge in [0.2, 0.25) is 0 Å². The van der Waals surface area contributed by atoms with Gasteiger partial charge in [-0.3, -0.25) is 4.79 Å². The van der Waals surface area contributed by atoms with Crippen LogP contribution in [0.25, 0.3) is 0 Å². The van der Waals surface area contributed by atoms with E-state index in [1.54, 1.807) is 12.3 Å². The standard InChI is InChI=1S/C17H19BrN2O/c18-15-11-19-16(10-17(15)21)14(12-20-8-4-5-9-20)13-6-2-1-3-7-13/h1-3,6-7,10-11,14H,4-5,8-9,12H2,(H,19,21). The van der Waals surface area contributed by atoms with E-state index in [0.717, 1.165) is 25.3 Å². The molecule has 1 fully saturated rings. The molecule has 110 valence electrons. The summed E-state index contributed by atoms with van der Waals surface area (Å²) in [6.07, 6.45) is 4.30. The lowest BCUT2D eigenvalue weighted by molar-refractivity contribution is 0.325. The van der Waals surface area contributed by atoms with Crippen molar-refractivity contribution in [1.82, 2.24) is 9.88 Å². The topological polar surface area (TPSA) is 36.1 Å². The highest BCUT2D eigenvalue weighted by Gasteiger charge is 2.21. The van der Waals surface area contributed by atoms with Crippen LogP contribution in [0, 0.1) is 0 Å². The van der Waals surface area contributed by atoms with Crippen LogP contribution < -0.4 is 5.43 Å². The Kier molecular flexibility index (Phi) is 4.56. The number of aromatic amines is 1. The Morgan fingerprint density at radius 1 is 1.19 bits per heavy atom. The molecule has 2 aromatic rings. The number of halogens is 1. The third-order valence-corrected chi connectivity index (χ3v) is 4.72. The van der Waals surface area contributed by atoms with Gasteiger partial charge >= 0.3 is 0 Å². The van der Waals surface area contributed by atoms with Gasteiger partial charge in [-0.05, 0) is 47.4 Å². The predicted octanol–water partition coefficient (Wildman–Crippen LogP) is 3.37.